The van der Waals surface area contributed by atoms with Crippen molar-refractivity contribution in [3.63, 3.8) is 0 Å². The van der Waals surface area contributed by atoms with Crippen molar-refractivity contribution in [2.75, 3.05) is 6.61 Å². The monoisotopic (exact) mass is 280 g/mol. The van der Waals surface area contributed by atoms with Crippen LogP contribution in [0.15, 0.2) is 69.4 Å². The number of cyclic esters (lactones) is 1. The van der Waals surface area contributed by atoms with E-state index in [-0.39, 0.29) is 5.97 Å². The van der Waals surface area contributed by atoms with E-state index in [1.165, 1.54) is 5.57 Å². The number of ether oxygens (including phenoxy) is 1. The summed E-state index contributed by atoms with van der Waals surface area (Å²) in [4.78, 5) is 12.2. The fraction of sp³-hybridized carbons (Fsp3) is 0.316. The van der Waals surface area contributed by atoms with Crippen LogP contribution in [0.25, 0.3) is 0 Å². The van der Waals surface area contributed by atoms with Crippen LogP contribution >= 0.6 is 0 Å². The van der Waals surface area contributed by atoms with Crippen molar-refractivity contribution < 1.29 is 9.53 Å². The van der Waals surface area contributed by atoms with Crippen molar-refractivity contribution in [1.82, 2.24) is 0 Å². The maximum absolute atomic E-state index is 12.2. The van der Waals surface area contributed by atoms with Gasteiger partial charge in [0.1, 0.15) is 6.61 Å². The molecule has 0 radical (unpaired) electrons. The van der Waals surface area contributed by atoms with Gasteiger partial charge in [0.2, 0.25) is 0 Å². The molecule has 2 nitrogen and oxygen atoms in total. The van der Waals surface area contributed by atoms with E-state index in [4.69, 9.17) is 4.74 Å². The van der Waals surface area contributed by atoms with Crippen LogP contribution in [-0.2, 0) is 9.53 Å². The first-order valence-electron chi connectivity index (χ1n) is 7.39. The third-order valence-electron chi connectivity index (χ3n) is 4.12. The lowest BCUT2D eigenvalue weighted by atomic mass is 9.91. The molecule has 1 heterocycles. The zero-order valence-electron chi connectivity index (χ0n) is 13.0. The van der Waals surface area contributed by atoms with Gasteiger partial charge >= 0.3 is 5.97 Å². The molecule has 21 heavy (non-hydrogen) atoms. The molecule has 108 valence electrons. The van der Waals surface area contributed by atoms with Gasteiger partial charge in [-0.1, -0.05) is 49.8 Å². The Hall–Kier alpha value is -2.09. The van der Waals surface area contributed by atoms with Crippen molar-refractivity contribution in [3.8, 4) is 0 Å². The van der Waals surface area contributed by atoms with E-state index >= 15 is 0 Å². The maximum atomic E-state index is 12.2. The molecule has 3 rings (SSSR count). The fourth-order valence-electron chi connectivity index (χ4n) is 3.00. The molecule has 0 unspecified atom stereocenters. The third-order valence-corrected chi connectivity index (χ3v) is 4.12. The van der Waals surface area contributed by atoms with Gasteiger partial charge in [-0.3, -0.25) is 0 Å². The Morgan fingerprint density at radius 2 is 1.81 bits per heavy atom. The van der Waals surface area contributed by atoms with E-state index < -0.39 is 0 Å². The topological polar surface area (TPSA) is 26.3 Å². The molecule has 0 amide bonds. The third kappa shape index (κ3) is 2.35. The van der Waals surface area contributed by atoms with Crippen LogP contribution in [0.3, 0.4) is 0 Å². The summed E-state index contributed by atoms with van der Waals surface area (Å²) >= 11 is 0. The Morgan fingerprint density at radius 3 is 2.52 bits per heavy atom. The van der Waals surface area contributed by atoms with Gasteiger partial charge in [-0.25, -0.2) is 4.79 Å². The van der Waals surface area contributed by atoms with Gasteiger partial charge in [-0.05, 0) is 42.1 Å². The summed E-state index contributed by atoms with van der Waals surface area (Å²) in [6.07, 6.45) is 10.7. The second-order valence-electron chi connectivity index (χ2n) is 6.15. The fourth-order valence-corrected chi connectivity index (χ4v) is 3.00. The van der Waals surface area contributed by atoms with Crippen molar-refractivity contribution in [1.29, 1.82) is 0 Å². The summed E-state index contributed by atoms with van der Waals surface area (Å²) < 4.78 is 5.25. The summed E-state index contributed by atoms with van der Waals surface area (Å²) in [6.45, 7) is 8.89. The number of esters is 1. The molecule has 0 spiro atoms. The van der Waals surface area contributed by atoms with Crippen LogP contribution in [0.4, 0.5) is 0 Å². The van der Waals surface area contributed by atoms with Gasteiger partial charge < -0.3 is 4.74 Å². The Balaban J connectivity index is 2.29. The molecule has 0 aromatic heterocycles. The number of fused-ring (bicyclic) bond motifs is 2. The highest BCUT2D eigenvalue weighted by Gasteiger charge is 2.31. The minimum atomic E-state index is -0.203. The van der Waals surface area contributed by atoms with Crippen LogP contribution in [0.1, 0.15) is 27.7 Å². The Bertz CT molecular complexity index is 704. The van der Waals surface area contributed by atoms with Gasteiger partial charge in [0.25, 0.3) is 0 Å². The number of hydrogen-bond donors (Lipinski definition) is 0. The van der Waals surface area contributed by atoms with E-state index in [1.54, 1.807) is 0 Å². The van der Waals surface area contributed by atoms with Gasteiger partial charge in [0.05, 0.1) is 5.57 Å². The predicted octanol–water partition coefficient (Wildman–Crippen LogP) is 4.19. The lowest BCUT2D eigenvalue weighted by Crippen LogP contribution is -2.03. The molecule has 1 aliphatic heterocycles. The summed E-state index contributed by atoms with van der Waals surface area (Å²) in [7, 11) is 0. The molecule has 0 atom stereocenters. The van der Waals surface area contributed by atoms with Gasteiger partial charge in [0, 0.05) is 5.57 Å². The van der Waals surface area contributed by atoms with Crippen molar-refractivity contribution in [2.45, 2.75) is 27.7 Å². The molecule has 1 fully saturated rings. The van der Waals surface area contributed by atoms with Crippen molar-refractivity contribution in [2.24, 2.45) is 5.92 Å². The highest BCUT2D eigenvalue weighted by Crippen LogP contribution is 2.38. The van der Waals surface area contributed by atoms with Crippen molar-refractivity contribution >= 4 is 5.97 Å². The molecule has 0 N–H and O–H groups in total. The van der Waals surface area contributed by atoms with Crippen LogP contribution in [0.5, 0.6) is 0 Å². The Kier molecular flexibility index (Phi) is 3.32. The first-order valence-corrected chi connectivity index (χ1v) is 7.39. The predicted molar refractivity (Wildman–Crippen MR) is 84.6 cm³/mol. The lowest BCUT2D eigenvalue weighted by Gasteiger charge is -2.11. The first kappa shape index (κ1) is 13.9. The second-order valence-corrected chi connectivity index (χ2v) is 6.15. The Labute approximate surface area is 125 Å². The lowest BCUT2D eigenvalue weighted by molar-refractivity contribution is -0.135. The minimum Gasteiger partial charge on any atom is -0.457 e. The molecular weight excluding hydrogens is 260 g/mol. The molecule has 2 heteroatoms. The quantitative estimate of drug-likeness (QED) is 0.673. The van der Waals surface area contributed by atoms with Gasteiger partial charge in [0.15, 0.2) is 0 Å². The zero-order valence-corrected chi connectivity index (χ0v) is 13.0. The molecule has 0 aromatic rings. The SMILES string of the molecule is CC1=CC2=CC(C(C)C)=CC=C(C)C2=C2C(=O)OCC2=C1. The van der Waals surface area contributed by atoms with Crippen LogP contribution in [0.2, 0.25) is 0 Å². The highest BCUT2D eigenvalue weighted by molar-refractivity contribution is 6.00. The number of hydrogen-bond acceptors (Lipinski definition) is 2. The standard InChI is InChI=1S/C19H20O2/c1-11(2)14-6-5-13(4)17-15(9-14)7-12(3)8-16-10-21-19(20)18(16)17/h5-9,11H,10H2,1-4H3. The Morgan fingerprint density at radius 1 is 1.05 bits per heavy atom. The average Bonchev–Trinajstić information content (AvgIpc) is 2.59. The van der Waals surface area contributed by atoms with Gasteiger partial charge in [-0.2, -0.15) is 0 Å². The van der Waals surface area contributed by atoms with Crippen LogP contribution in [0, 0.1) is 5.92 Å². The molecule has 3 aliphatic rings. The number of carbonyl (C=O) groups excluding carboxylic acids is 1. The van der Waals surface area contributed by atoms with Crippen molar-refractivity contribution in [3.05, 3.63) is 69.4 Å². The molecule has 0 saturated carbocycles. The summed E-state index contributed by atoms with van der Waals surface area (Å²) in [5, 5.41) is 0. The molecule has 2 aliphatic carbocycles. The largest absolute Gasteiger partial charge is 0.457 e. The summed E-state index contributed by atoms with van der Waals surface area (Å²) in [5.74, 6) is 0.247. The number of allylic oxidation sites excluding steroid dienone is 10. The van der Waals surface area contributed by atoms with E-state index in [0.29, 0.717) is 12.5 Å². The molecule has 0 bridgehead atoms. The number of carbonyl (C=O) groups is 1. The summed E-state index contributed by atoms with van der Waals surface area (Å²) in [5.41, 5.74) is 7.40. The highest BCUT2D eigenvalue weighted by atomic mass is 16.5. The van der Waals surface area contributed by atoms with E-state index in [1.807, 2.05) is 0 Å². The molecule has 0 aromatic carbocycles. The van der Waals surface area contributed by atoms with Crippen LogP contribution < -0.4 is 0 Å². The molecule has 1 saturated heterocycles. The maximum Gasteiger partial charge on any atom is 0.339 e. The second kappa shape index (κ2) is 5.03. The van der Waals surface area contributed by atoms with Gasteiger partial charge in [-0.15, -0.1) is 0 Å². The van der Waals surface area contributed by atoms with E-state index in [0.717, 1.165) is 33.4 Å². The first-order chi connectivity index (χ1) is 9.97. The minimum absolute atomic E-state index is 0.203. The normalized spacial score (nSPS) is 21.4. The number of rotatable bonds is 1. The van der Waals surface area contributed by atoms with Crippen LogP contribution in [-0.4, -0.2) is 12.6 Å². The summed E-state index contributed by atoms with van der Waals surface area (Å²) in [6, 6.07) is 0. The zero-order chi connectivity index (χ0) is 15.1. The smallest absolute Gasteiger partial charge is 0.339 e. The van der Waals surface area contributed by atoms with E-state index in [2.05, 4.69) is 58.1 Å². The molecular formula is C19H20O2. The average molecular weight is 280 g/mol. The van der Waals surface area contributed by atoms with E-state index in [9.17, 15) is 4.79 Å².